The molecule has 1 unspecified atom stereocenters. The summed E-state index contributed by atoms with van der Waals surface area (Å²) >= 11 is 0. The van der Waals surface area contributed by atoms with Crippen molar-refractivity contribution in [2.24, 2.45) is 11.8 Å². The lowest BCUT2D eigenvalue weighted by Gasteiger charge is -2.34. The molecule has 0 spiro atoms. The van der Waals surface area contributed by atoms with Crippen LogP contribution in [-0.4, -0.2) is 0 Å². The van der Waals surface area contributed by atoms with Crippen LogP contribution in [0.3, 0.4) is 0 Å². The number of allylic oxidation sites excluding steroid dienone is 8. The minimum Gasteiger partial charge on any atom is -0.0622 e. The first-order valence-electron chi connectivity index (χ1n) is 22.1. The normalized spacial score (nSPS) is 16.0. The molecule has 0 saturated carbocycles. The maximum atomic E-state index is 2.41. The van der Waals surface area contributed by atoms with Crippen LogP contribution in [0.1, 0.15) is 62.4 Å². The van der Waals surface area contributed by atoms with Crippen LogP contribution >= 0.6 is 0 Å². The lowest BCUT2D eigenvalue weighted by atomic mass is 9.68. The van der Waals surface area contributed by atoms with Crippen LogP contribution in [0.25, 0.3) is 66.1 Å². The van der Waals surface area contributed by atoms with Gasteiger partial charge in [-0.2, -0.15) is 0 Å². The molecule has 9 aromatic rings. The molecular weight excluding hydrogens is 745 g/mol. The molecule has 0 heteroatoms. The summed E-state index contributed by atoms with van der Waals surface area (Å²) < 4.78 is 0. The smallest absolute Gasteiger partial charge is 0.0183 e. The molecule has 0 amide bonds. The molecule has 0 aromatic heterocycles. The molecule has 1 atom stereocenters. The van der Waals surface area contributed by atoms with Gasteiger partial charge in [-0.05, 0) is 129 Å². The molecule has 0 bridgehead atoms. The Hall–Kier alpha value is -7.54. The number of fused-ring (bicyclic) bond motifs is 6. The molecule has 62 heavy (non-hydrogen) atoms. The van der Waals surface area contributed by atoms with Crippen molar-refractivity contribution in [3.8, 4) is 0 Å². The summed E-state index contributed by atoms with van der Waals surface area (Å²) in [6, 6.07) is 84.5. The van der Waals surface area contributed by atoms with Gasteiger partial charge in [-0.15, -0.1) is 0 Å². The Morgan fingerprint density at radius 3 is 0.952 bits per heavy atom. The SMILES string of the molecule is c1ccc(C2=C3C(=C(c4ccccc4)C2CC(c2ccccc2)C2C(c4ccccc4)=C4C(=C2c2ccccc2)c2cccc5cccc4c25)c2cccc4cccc3c24)cc1. The van der Waals surface area contributed by atoms with Gasteiger partial charge in [-0.3, -0.25) is 0 Å². The minimum atomic E-state index is 0.0658. The highest BCUT2D eigenvalue weighted by molar-refractivity contribution is 6.38. The van der Waals surface area contributed by atoms with E-state index in [9.17, 15) is 0 Å². The second-order valence-corrected chi connectivity index (χ2v) is 17.3. The predicted molar refractivity (Wildman–Crippen MR) is 262 cm³/mol. The molecule has 290 valence electrons. The first-order valence-corrected chi connectivity index (χ1v) is 22.1. The van der Waals surface area contributed by atoms with Crippen molar-refractivity contribution >= 4 is 66.1 Å². The lowest BCUT2D eigenvalue weighted by molar-refractivity contribution is 0.541. The predicted octanol–water partition coefficient (Wildman–Crippen LogP) is 15.8. The summed E-state index contributed by atoms with van der Waals surface area (Å²) in [4.78, 5) is 0. The largest absolute Gasteiger partial charge is 0.0622 e. The van der Waals surface area contributed by atoms with Crippen LogP contribution < -0.4 is 0 Å². The summed E-state index contributed by atoms with van der Waals surface area (Å²) in [6.45, 7) is 0. The second kappa shape index (κ2) is 14.0. The summed E-state index contributed by atoms with van der Waals surface area (Å²) in [5, 5.41) is 5.36. The van der Waals surface area contributed by atoms with Gasteiger partial charge in [0.2, 0.25) is 0 Å². The number of benzene rings is 9. The van der Waals surface area contributed by atoms with Crippen LogP contribution in [0.5, 0.6) is 0 Å². The van der Waals surface area contributed by atoms with Gasteiger partial charge in [-0.25, -0.2) is 0 Å². The average Bonchev–Trinajstić information content (AvgIpc) is 4.06. The fourth-order valence-corrected chi connectivity index (χ4v) is 12.0. The van der Waals surface area contributed by atoms with Crippen molar-refractivity contribution in [1.29, 1.82) is 0 Å². The Bertz CT molecular complexity index is 3190. The van der Waals surface area contributed by atoms with Crippen LogP contribution in [0, 0.1) is 11.8 Å². The molecule has 0 fully saturated rings. The quantitative estimate of drug-likeness (QED) is 0.144. The molecule has 13 rings (SSSR count). The third kappa shape index (κ3) is 5.14. The van der Waals surface area contributed by atoms with E-state index in [2.05, 4.69) is 224 Å². The molecule has 0 saturated heterocycles. The molecular formula is C62H42. The molecule has 0 radical (unpaired) electrons. The Kier molecular flexibility index (Phi) is 7.97. The maximum absolute atomic E-state index is 2.41. The van der Waals surface area contributed by atoms with Crippen molar-refractivity contribution in [3.05, 3.63) is 275 Å². The zero-order valence-electron chi connectivity index (χ0n) is 34.3. The minimum absolute atomic E-state index is 0.0658. The summed E-state index contributed by atoms with van der Waals surface area (Å²) in [5.74, 6) is 0.293. The third-order valence-electron chi connectivity index (χ3n) is 14.2. The molecule has 4 aliphatic carbocycles. The maximum Gasteiger partial charge on any atom is 0.0183 e. The van der Waals surface area contributed by atoms with Crippen molar-refractivity contribution in [1.82, 2.24) is 0 Å². The molecule has 0 nitrogen and oxygen atoms in total. The third-order valence-corrected chi connectivity index (χ3v) is 14.2. The molecule has 0 N–H and O–H groups in total. The van der Waals surface area contributed by atoms with Crippen molar-refractivity contribution < 1.29 is 0 Å². The molecule has 0 heterocycles. The zero-order valence-corrected chi connectivity index (χ0v) is 34.3. The van der Waals surface area contributed by atoms with E-state index in [1.54, 1.807) is 0 Å². The fraction of sp³-hybridized carbons (Fsp3) is 0.0645. The Labute approximate surface area is 363 Å². The van der Waals surface area contributed by atoms with Gasteiger partial charge in [0, 0.05) is 11.8 Å². The van der Waals surface area contributed by atoms with Gasteiger partial charge in [0.05, 0.1) is 0 Å². The Balaban J connectivity index is 1.12. The van der Waals surface area contributed by atoms with Gasteiger partial charge in [0.25, 0.3) is 0 Å². The first kappa shape index (κ1) is 35.2. The summed E-state index contributed by atoms with van der Waals surface area (Å²) in [7, 11) is 0. The lowest BCUT2D eigenvalue weighted by Crippen LogP contribution is -2.20. The van der Waals surface area contributed by atoms with Gasteiger partial charge in [0.1, 0.15) is 0 Å². The van der Waals surface area contributed by atoms with E-state index >= 15 is 0 Å². The van der Waals surface area contributed by atoms with Crippen LogP contribution in [0.2, 0.25) is 0 Å². The number of hydrogen-bond donors (Lipinski definition) is 0. The van der Waals surface area contributed by atoms with Crippen LogP contribution in [0.4, 0.5) is 0 Å². The summed E-state index contributed by atoms with van der Waals surface area (Å²) in [6.07, 6.45) is 0.924. The second-order valence-electron chi connectivity index (χ2n) is 17.3. The van der Waals surface area contributed by atoms with E-state index in [-0.39, 0.29) is 17.8 Å². The van der Waals surface area contributed by atoms with Gasteiger partial charge in [0.15, 0.2) is 0 Å². The van der Waals surface area contributed by atoms with E-state index in [0.717, 1.165) is 6.42 Å². The van der Waals surface area contributed by atoms with Gasteiger partial charge in [-0.1, -0.05) is 224 Å². The van der Waals surface area contributed by atoms with E-state index in [0.29, 0.717) is 0 Å². The van der Waals surface area contributed by atoms with Crippen LogP contribution in [-0.2, 0) is 0 Å². The first-order chi connectivity index (χ1) is 30.8. The van der Waals surface area contributed by atoms with E-state index in [1.807, 2.05) is 0 Å². The molecule has 9 aromatic carbocycles. The standard InChI is InChI=1S/C62H42/c1-6-20-39(21-7-1)50(62-56(44-26-12-4-13-27-44)60-48-36-18-32-41-33-19-37-49(53(41)48)61(60)57(62)45-28-14-5-15-29-45)38-51-54(42-22-8-2-9-23-42)58-46-34-16-30-40-31-17-35-47(52(40)46)59(58)55(51)43-24-10-3-11-25-43/h1-37,50-51,62H,38H2. The van der Waals surface area contributed by atoms with Crippen LogP contribution in [0.15, 0.2) is 224 Å². The monoisotopic (exact) mass is 786 g/mol. The highest BCUT2D eigenvalue weighted by atomic mass is 14.5. The number of hydrogen-bond acceptors (Lipinski definition) is 0. The van der Waals surface area contributed by atoms with E-state index in [4.69, 9.17) is 0 Å². The van der Waals surface area contributed by atoms with Gasteiger partial charge < -0.3 is 0 Å². The van der Waals surface area contributed by atoms with E-state index < -0.39 is 0 Å². The van der Waals surface area contributed by atoms with E-state index in [1.165, 1.54) is 116 Å². The van der Waals surface area contributed by atoms with Gasteiger partial charge >= 0.3 is 0 Å². The van der Waals surface area contributed by atoms with Crippen molar-refractivity contribution in [2.45, 2.75) is 12.3 Å². The molecule has 0 aliphatic heterocycles. The van der Waals surface area contributed by atoms with Crippen molar-refractivity contribution in [2.75, 3.05) is 0 Å². The zero-order chi connectivity index (χ0) is 40.7. The topological polar surface area (TPSA) is 0 Å². The number of rotatable bonds is 8. The Morgan fingerprint density at radius 1 is 0.290 bits per heavy atom. The fourth-order valence-electron chi connectivity index (χ4n) is 12.0. The average molecular weight is 787 g/mol. The highest BCUT2D eigenvalue weighted by Gasteiger charge is 2.47. The summed E-state index contributed by atoms with van der Waals surface area (Å²) in [5.41, 5.74) is 23.4. The Morgan fingerprint density at radius 2 is 0.597 bits per heavy atom. The van der Waals surface area contributed by atoms with Crippen molar-refractivity contribution in [3.63, 3.8) is 0 Å². The highest BCUT2D eigenvalue weighted by Crippen LogP contribution is 2.67. The molecule has 4 aliphatic rings.